The van der Waals surface area contributed by atoms with Gasteiger partial charge in [0, 0.05) is 43.1 Å². The lowest BCUT2D eigenvalue weighted by Gasteiger charge is -2.19. The molecule has 2 N–H and O–H groups in total. The molecule has 0 aliphatic rings. The molecule has 0 aliphatic carbocycles. The summed E-state index contributed by atoms with van der Waals surface area (Å²) in [6, 6.07) is 3.17. The third kappa shape index (κ3) is 17.8. The lowest BCUT2D eigenvalue weighted by molar-refractivity contribution is -0.385. The van der Waals surface area contributed by atoms with Crippen molar-refractivity contribution in [2.75, 3.05) is 5.73 Å². The van der Waals surface area contributed by atoms with Crippen LogP contribution in [0.25, 0.3) is 6.08 Å². The van der Waals surface area contributed by atoms with Gasteiger partial charge in [0.05, 0.1) is 17.0 Å². The molecule has 10 heteroatoms. The van der Waals surface area contributed by atoms with E-state index in [1.807, 2.05) is 39.0 Å². The van der Waals surface area contributed by atoms with Gasteiger partial charge in [-0.15, -0.1) is 0 Å². The maximum atomic E-state index is 11.4. The first-order valence-corrected chi connectivity index (χ1v) is 12.0. The fourth-order valence-electron chi connectivity index (χ4n) is 2.70. The molecule has 0 bridgehead atoms. The standard InChI is InChI=1S/C14H16N2O4.C14H20N2O2.CH4/c1-14(2,3)20-13(17)7-5-4-6-11-8-12(16(18)19)10-15-9-11;1-14(2,3)18-13(17)7-5-4-6-11-8-12(15)10-16-9-11;/h8-10H,5,7H2,1-3H3;4,6,8-10H,5,7,15H2,1-3H3;1H4/b;6-4-;. The largest absolute Gasteiger partial charge is 0.460 e. The lowest BCUT2D eigenvalue weighted by Crippen LogP contribution is -2.23. The molecule has 0 aliphatic heterocycles. The SMILES string of the molecule is C.CC(C)(C)OC(=O)CC/C=C\c1cncc(N)c1.CC(C)(C)OC(=O)CCC#Cc1cncc([N+](=O)[O-])c1. The number of ether oxygens (including phenoxy) is 2. The Morgan fingerprint density at radius 1 is 0.974 bits per heavy atom. The number of rotatable bonds is 7. The maximum absolute atomic E-state index is 11.4. The van der Waals surface area contributed by atoms with Gasteiger partial charge in [-0.3, -0.25) is 29.7 Å². The Bertz CT molecular complexity index is 1180. The van der Waals surface area contributed by atoms with Crippen molar-refractivity contribution in [2.24, 2.45) is 0 Å². The molecule has 0 atom stereocenters. The Kier molecular flexibility index (Phi) is 14.7. The fraction of sp³-hybridized carbons (Fsp3) is 0.448. The number of anilines is 1. The number of nitro groups is 1. The molecule has 0 fully saturated rings. The lowest BCUT2D eigenvalue weighted by atomic mass is 10.2. The zero-order valence-corrected chi connectivity index (χ0v) is 22.8. The third-order valence-electron chi connectivity index (χ3n) is 4.07. The van der Waals surface area contributed by atoms with Crippen LogP contribution in [-0.2, 0) is 19.1 Å². The van der Waals surface area contributed by atoms with Crippen molar-refractivity contribution in [3.63, 3.8) is 0 Å². The molecule has 2 aromatic rings. The molecule has 2 rings (SSSR count). The van der Waals surface area contributed by atoms with Crippen LogP contribution in [0.15, 0.2) is 43.0 Å². The van der Waals surface area contributed by atoms with E-state index in [1.165, 1.54) is 12.3 Å². The van der Waals surface area contributed by atoms with Gasteiger partial charge in [-0.2, -0.15) is 0 Å². The van der Waals surface area contributed by atoms with E-state index in [0.29, 0.717) is 30.5 Å². The van der Waals surface area contributed by atoms with Crippen molar-refractivity contribution in [1.82, 2.24) is 9.97 Å². The van der Waals surface area contributed by atoms with Crippen molar-refractivity contribution in [2.45, 2.75) is 85.9 Å². The highest BCUT2D eigenvalue weighted by molar-refractivity contribution is 5.70. The number of nitrogens with two attached hydrogens (primary N) is 1. The van der Waals surface area contributed by atoms with Gasteiger partial charge in [0.15, 0.2) is 0 Å². The van der Waals surface area contributed by atoms with E-state index in [0.717, 1.165) is 11.8 Å². The molecule has 0 saturated carbocycles. The summed E-state index contributed by atoms with van der Waals surface area (Å²) in [5.74, 6) is 5.01. The second kappa shape index (κ2) is 16.6. The molecule has 0 radical (unpaired) electrons. The van der Waals surface area contributed by atoms with Gasteiger partial charge in [0.1, 0.15) is 17.4 Å². The number of hydrogen-bond acceptors (Lipinski definition) is 9. The zero-order chi connectivity index (χ0) is 28.8. The van der Waals surface area contributed by atoms with Crippen molar-refractivity contribution in [3.05, 3.63) is 64.2 Å². The Balaban J connectivity index is 0.000000726. The van der Waals surface area contributed by atoms with E-state index >= 15 is 0 Å². The minimum atomic E-state index is -0.529. The van der Waals surface area contributed by atoms with Crippen LogP contribution in [0, 0.1) is 22.0 Å². The highest BCUT2D eigenvalue weighted by Crippen LogP contribution is 2.12. The smallest absolute Gasteiger partial charge is 0.307 e. The van der Waals surface area contributed by atoms with Gasteiger partial charge < -0.3 is 15.2 Å². The van der Waals surface area contributed by atoms with Crippen LogP contribution in [0.2, 0.25) is 0 Å². The molecule has 0 aromatic carbocycles. The number of allylic oxidation sites excluding steroid dienone is 1. The average molecular weight is 541 g/mol. The Labute approximate surface area is 231 Å². The Hall–Kier alpha value is -4.26. The number of carbonyl (C=O) groups is 2. The number of carbonyl (C=O) groups excluding carboxylic acids is 2. The highest BCUT2D eigenvalue weighted by atomic mass is 16.6. The van der Waals surface area contributed by atoms with E-state index in [2.05, 4.69) is 21.8 Å². The van der Waals surface area contributed by atoms with Gasteiger partial charge in [-0.1, -0.05) is 31.4 Å². The highest BCUT2D eigenvalue weighted by Gasteiger charge is 2.16. The van der Waals surface area contributed by atoms with Crippen molar-refractivity contribution < 1.29 is 24.0 Å². The Morgan fingerprint density at radius 3 is 2.13 bits per heavy atom. The predicted octanol–water partition coefficient (Wildman–Crippen LogP) is 5.90. The second-order valence-electron chi connectivity index (χ2n) is 10.2. The number of esters is 2. The Morgan fingerprint density at radius 2 is 1.56 bits per heavy atom. The summed E-state index contributed by atoms with van der Waals surface area (Å²) in [6.07, 6.45) is 11.3. The minimum Gasteiger partial charge on any atom is -0.460 e. The summed E-state index contributed by atoms with van der Waals surface area (Å²) < 4.78 is 10.3. The summed E-state index contributed by atoms with van der Waals surface area (Å²) in [6.45, 7) is 11.0. The summed E-state index contributed by atoms with van der Waals surface area (Å²) in [4.78, 5) is 40.6. The zero-order valence-electron chi connectivity index (χ0n) is 22.8. The van der Waals surface area contributed by atoms with E-state index in [1.54, 1.807) is 33.2 Å². The molecule has 0 saturated heterocycles. The summed E-state index contributed by atoms with van der Waals surface area (Å²) in [7, 11) is 0. The van der Waals surface area contributed by atoms with Gasteiger partial charge in [-0.25, -0.2) is 0 Å². The van der Waals surface area contributed by atoms with Crippen molar-refractivity contribution >= 4 is 29.4 Å². The van der Waals surface area contributed by atoms with Gasteiger partial charge in [0.2, 0.25) is 0 Å². The first kappa shape index (κ1) is 34.7. The van der Waals surface area contributed by atoms with Crippen LogP contribution < -0.4 is 5.73 Å². The molecule has 0 unspecified atom stereocenters. The van der Waals surface area contributed by atoms with Crippen LogP contribution in [-0.4, -0.2) is 38.0 Å². The fourth-order valence-corrected chi connectivity index (χ4v) is 2.70. The molecule has 2 aromatic heterocycles. The second-order valence-corrected chi connectivity index (χ2v) is 10.2. The van der Waals surface area contributed by atoms with Crippen LogP contribution in [0.4, 0.5) is 11.4 Å². The first-order valence-electron chi connectivity index (χ1n) is 12.0. The first-order chi connectivity index (χ1) is 17.6. The average Bonchev–Trinajstić information content (AvgIpc) is 2.78. The molecule has 2 heterocycles. The van der Waals surface area contributed by atoms with Crippen LogP contribution in [0.1, 0.15) is 85.8 Å². The molecular formula is C29H40N4O6. The topological polar surface area (TPSA) is 148 Å². The van der Waals surface area contributed by atoms with Crippen molar-refractivity contribution in [3.8, 4) is 11.8 Å². The monoisotopic (exact) mass is 540 g/mol. The molecule has 212 valence electrons. The minimum absolute atomic E-state index is 0. The van der Waals surface area contributed by atoms with Gasteiger partial charge in [-0.05, 0) is 59.6 Å². The van der Waals surface area contributed by atoms with E-state index in [4.69, 9.17) is 15.2 Å². The molecule has 0 spiro atoms. The normalized spacial score (nSPS) is 10.7. The van der Waals surface area contributed by atoms with E-state index in [-0.39, 0.29) is 31.5 Å². The van der Waals surface area contributed by atoms with Crippen LogP contribution >= 0.6 is 0 Å². The molecule has 39 heavy (non-hydrogen) atoms. The van der Waals surface area contributed by atoms with Gasteiger partial charge >= 0.3 is 11.9 Å². The number of nitrogens with zero attached hydrogens (tertiary/aromatic N) is 3. The van der Waals surface area contributed by atoms with E-state index in [9.17, 15) is 19.7 Å². The van der Waals surface area contributed by atoms with E-state index < -0.39 is 16.1 Å². The van der Waals surface area contributed by atoms with Crippen LogP contribution in [0.3, 0.4) is 0 Å². The number of hydrogen-bond donors (Lipinski definition) is 1. The van der Waals surface area contributed by atoms with Crippen LogP contribution in [0.5, 0.6) is 0 Å². The number of aromatic nitrogens is 2. The molecule has 10 nitrogen and oxygen atoms in total. The molecule has 0 amide bonds. The number of pyridine rings is 2. The number of nitrogen functional groups attached to an aromatic ring is 1. The van der Waals surface area contributed by atoms with Crippen molar-refractivity contribution in [1.29, 1.82) is 0 Å². The third-order valence-corrected chi connectivity index (χ3v) is 4.07. The molecular weight excluding hydrogens is 500 g/mol. The predicted molar refractivity (Wildman–Crippen MR) is 152 cm³/mol. The maximum Gasteiger partial charge on any atom is 0.307 e. The quantitative estimate of drug-likeness (QED) is 0.196. The summed E-state index contributed by atoms with van der Waals surface area (Å²) in [5.41, 5.74) is 6.59. The summed E-state index contributed by atoms with van der Waals surface area (Å²) in [5, 5.41) is 10.6. The van der Waals surface area contributed by atoms with Gasteiger partial charge in [0.25, 0.3) is 5.69 Å². The summed E-state index contributed by atoms with van der Waals surface area (Å²) >= 11 is 0.